The molecular weight excluding hydrogens is 466 g/mol. The smallest absolute Gasteiger partial charge is 0.335 e. The number of benzene rings is 2. The molecule has 0 bridgehead atoms. The van der Waals surface area contributed by atoms with Crippen molar-refractivity contribution in [2.75, 3.05) is 4.90 Å². The van der Waals surface area contributed by atoms with E-state index >= 15 is 0 Å². The minimum atomic E-state index is -1.03. The van der Waals surface area contributed by atoms with Crippen LogP contribution in [0.1, 0.15) is 32.7 Å². The van der Waals surface area contributed by atoms with E-state index in [0.29, 0.717) is 31.3 Å². The molecule has 2 aromatic carbocycles. The van der Waals surface area contributed by atoms with Crippen LogP contribution in [-0.4, -0.2) is 31.1 Å². The van der Waals surface area contributed by atoms with Gasteiger partial charge < -0.3 is 5.11 Å². The van der Waals surface area contributed by atoms with Crippen LogP contribution in [-0.2, 0) is 4.79 Å². The highest BCUT2D eigenvalue weighted by molar-refractivity contribution is 8.27. The number of aromatic carboxylic acids is 1. The van der Waals surface area contributed by atoms with Gasteiger partial charge in [0.15, 0.2) is 4.32 Å². The Hall–Kier alpha value is -2.94. The highest BCUT2D eigenvalue weighted by atomic mass is 35.5. The quantitative estimate of drug-likeness (QED) is 0.387. The van der Waals surface area contributed by atoms with Gasteiger partial charge in [0, 0.05) is 5.56 Å². The van der Waals surface area contributed by atoms with Crippen molar-refractivity contribution in [3.05, 3.63) is 80.5 Å². The molecule has 32 heavy (non-hydrogen) atoms. The Morgan fingerprint density at radius 3 is 2.47 bits per heavy atom. The standard InChI is InChI=1S/C23H18ClN3O3S2/c1-12-4-9-18(13(2)10-12)27-20(24)17(14(3)25-27)11-19-21(28)26(23(31)32-19)16-7-5-15(6-8-16)22(29)30/h4-11H,1-3H3,(H,29,30)/b19-11-. The second-order valence-corrected chi connectivity index (χ2v) is 9.39. The van der Waals surface area contributed by atoms with Gasteiger partial charge in [0.25, 0.3) is 5.91 Å². The van der Waals surface area contributed by atoms with Crippen LogP contribution in [0.3, 0.4) is 0 Å². The van der Waals surface area contributed by atoms with Crippen LogP contribution in [0.15, 0.2) is 47.4 Å². The zero-order valence-electron chi connectivity index (χ0n) is 17.4. The Labute approximate surface area is 199 Å². The minimum absolute atomic E-state index is 0.135. The Kier molecular flexibility index (Phi) is 5.94. The van der Waals surface area contributed by atoms with E-state index < -0.39 is 5.97 Å². The topological polar surface area (TPSA) is 75.4 Å². The summed E-state index contributed by atoms with van der Waals surface area (Å²) in [6.07, 6.45) is 1.70. The predicted molar refractivity (Wildman–Crippen MR) is 132 cm³/mol. The zero-order valence-corrected chi connectivity index (χ0v) is 19.8. The number of carbonyl (C=O) groups excluding carboxylic acids is 1. The molecule has 0 unspecified atom stereocenters. The van der Waals surface area contributed by atoms with Gasteiger partial charge in [-0.15, -0.1) is 0 Å². The number of aromatic nitrogens is 2. The zero-order chi connectivity index (χ0) is 23.2. The summed E-state index contributed by atoms with van der Waals surface area (Å²) in [6, 6.07) is 12.0. The normalized spacial score (nSPS) is 15.1. The molecule has 162 valence electrons. The van der Waals surface area contributed by atoms with E-state index in [4.69, 9.17) is 28.9 Å². The fourth-order valence-corrected chi connectivity index (χ4v) is 5.05. The Morgan fingerprint density at radius 1 is 1.16 bits per heavy atom. The maximum Gasteiger partial charge on any atom is 0.335 e. The van der Waals surface area contributed by atoms with E-state index in [1.165, 1.54) is 28.8 Å². The highest BCUT2D eigenvalue weighted by Gasteiger charge is 2.34. The fourth-order valence-electron chi connectivity index (χ4n) is 3.45. The lowest BCUT2D eigenvalue weighted by Gasteiger charge is -2.14. The number of carboxylic acids is 1. The first kappa shape index (κ1) is 22.3. The van der Waals surface area contributed by atoms with Crippen molar-refractivity contribution in [1.82, 2.24) is 9.78 Å². The summed E-state index contributed by atoms with van der Waals surface area (Å²) in [5.74, 6) is -1.33. The Morgan fingerprint density at radius 2 is 1.84 bits per heavy atom. The first-order chi connectivity index (χ1) is 15.2. The third kappa shape index (κ3) is 3.97. The molecule has 4 rings (SSSR count). The van der Waals surface area contributed by atoms with Crippen LogP contribution >= 0.6 is 35.6 Å². The molecule has 1 aliphatic rings. The van der Waals surface area contributed by atoms with Crippen LogP contribution in [0.25, 0.3) is 11.8 Å². The number of rotatable bonds is 4. The molecule has 3 aromatic rings. The number of carboxylic acid groups (broad SMARTS) is 1. The molecule has 0 atom stereocenters. The van der Waals surface area contributed by atoms with Gasteiger partial charge >= 0.3 is 5.97 Å². The average Bonchev–Trinajstić information content (AvgIpc) is 3.18. The number of hydrogen-bond acceptors (Lipinski definition) is 5. The van der Waals surface area contributed by atoms with Gasteiger partial charge in [-0.25, -0.2) is 9.48 Å². The van der Waals surface area contributed by atoms with E-state index in [-0.39, 0.29) is 11.5 Å². The molecular formula is C23H18ClN3O3S2. The van der Waals surface area contributed by atoms with Gasteiger partial charge in [0.2, 0.25) is 0 Å². The first-order valence-electron chi connectivity index (χ1n) is 9.61. The van der Waals surface area contributed by atoms with Crippen LogP contribution < -0.4 is 4.90 Å². The van der Waals surface area contributed by atoms with Crippen LogP contribution in [0.5, 0.6) is 0 Å². The minimum Gasteiger partial charge on any atom is -0.478 e. The number of nitrogens with zero attached hydrogens (tertiary/aromatic N) is 3. The number of carbonyl (C=O) groups is 2. The SMILES string of the molecule is Cc1ccc(-n2nc(C)c(/C=C3\SC(=S)N(c4ccc(C(=O)O)cc4)C3=O)c2Cl)c(C)c1. The van der Waals surface area contributed by atoms with Crippen LogP contribution in [0.4, 0.5) is 5.69 Å². The predicted octanol–water partition coefficient (Wildman–Crippen LogP) is 5.55. The molecule has 6 nitrogen and oxygen atoms in total. The highest BCUT2D eigenvalue weighted by Crippen LogP contribution is 2.38. The van der Waals surface area contributed by atoms with Crippen molar-refractivity contribution in [2.24, 2.45) is 0 Å². The fraction of sp³-hybridized carbons (Fsp3) is 0.130. The molecule has 2 heterocycles. The molecule has 1 N–H and O–H groups in total. The number of halogens is 1. The second kappa shape index (κ2) is 8.54. The van der Waals surface area contributed by atoms with Crippen molar-refractivity contribution < 1.29 is 14.7 Å². The third-order valence-corrected chi connectivity index (χ3v) is 6.74. The molecule has 1 fully saturated rings. The van der Waals surface area contributed by atoms with Crippen molar-refractivity contribution in [2.45, 2.75) is 20.8 Å². The summed E-state index contributed by atoms with van der Waals surface area (Å²) in [7, 11) is 0. The van der Waals surface area contributed by atoms with Gasteiger partial charge in [-0.1, -0.05) is 53.3 Å². The molecule has 0 aliphatic carbocycles. The molecule has 9 heteroatoms. The molecule has 0 saturated carbocycles. The Balaban J connectivity index is 1.69. The van der Waals surface area contributed by atoms with Crippen LogP contribution in [0.2, 0.25) is 5.15 Å². The van der Waals surface area contributed by atoms with Crippen molar-refractivity contribution in [3.63, 3.8) is 0 Å². The summed E-state index contributed by atoms with van der Waals surface area (Å²) in [6.45, 7) is 5.86. The molecule has 1 aromatic heterocycles. The van der Waals surface area contributed by atoms with Crippen molar-refractivity contribution >= 4 is 63.5 Å². The largest absolute Gasteiger partial charge is 0.478 e. The molecule has 1 saturated heterocycles. The number of aryl methyl sites for hydroxylation is 3. The summed E-state index contributed by atoms with van der Waals surface area (Å²) in [5.41, 5.74) is 5.03. The van der Waals surface area contributed by atoms with E-state index in [2.05, 4.69) is 11.2 Å². The number of hydrogen-bond donors (Lipinski definition) is 1. The van der Waals surface area contributed by atoms with Gasteiger partial charge in [-0.3, -0.25) is 9.69 Å². The second-order valence-electron chi connectivity index (χ2n) is 7.36. The third-order valence-electron chi connectivity index (χ3n) is 5.07. The van der Waals surface area contributed by atoms with Gasteiger partial charge in [-0.05, 0) is 62.7 Å². The summed E-state index contributed by atoms with van der Waals surface area (Å²) in [4.78, 5) is 26.0. The van der Waals surface area contributed by atoms with E-state index in [0.717, 1.165) is 16.8 Å². The van der Waals surface area contributed by atoms with Crippen molar-refractivity contribution in [3.8, 4) is 5.69 Å². The monoisotopic (exact) mass is 483 g/mol. The van der Waals surface area contributed by atoms with Gasteiger partial charge in [0.1, 0.15) is 5.15 Å². The maximum atomic E-state index is 13.1. The molecule has 0 spiro atoms. The number of amides is 1. The molecule has 0 radical (unpaired) electrons. The molecule has 1 amide bonds. The van der Waals surface area contributed by atoms with Crippen molar-refractivity contribution in [1.29, 1.82) is 0 Å². The lowest BCUT2D eigenvalue weighted by molar-refractivity contribution is -0.113. The summed E-state index contributed by atoms with van der Waals surface area (Å²) >= 11 is 13.2. The Bertz CT molecular complexity index is 1310. The summed E-state index contributed by atoms with van der Waals surface area (Å²) in [5, 5.41) is 14.1. The summed E-state index contributed by atoms with van der Waals surface area (Å²) < 4.78 is 2.03. The number of thioether (sulfide) groups is 1. The number of thiocarbonyl (C=S) groups is 1. The van der Waals surface area contributed by atoms with E-state index in [9.17, 15) is 9.59 Å². The van der Waals surface area contributed by atoms with E-state index in [1.807, 2.05) is 32.9 Å². The van der Waals surface area contributed by atoms with Gasteiger partial charge in [-0.2, -0.15) is 5.10 Å². The molecule has 1 aliphatic heterocycles. The van der Waals surface area contributed by atoms with Gasteiger partial charge in [0.05, 0.1) is 27.5 Å². The van der Waals surface area contributed by atoms with Crippen LogP contribution in [0, 0.1) is 20.8 Å². The first-order valence-corrected chi connectivity index (χ1v) is 11.2. The number of anilines is 1. The van der Waals surface area contributed by atoms with E-state index in [1.54, 1.807) is 22.9 Å². The average molecular weight is 484 g/mol. The maximum absolute atomic E-state index is 13.1. The lowest BCUT2D eigenvalue weighted by atomic mass is 10.1. The lowest BCUT2D eigenvalue weighted by Crippen LogP contribution is -2.27.